The summed E-state index contributed by atoms with van der Waals surface area (Å²) in [5, 5.41) is 1.17. The van der Waals surface area contributed by atoms with Gasteiger partial charge in [-0.3, -0.25) is 4.57 Å². The second-order valence-corrected chi connectivity index (χ2v) is 6.05. The summed E-state index contributed by atoms with van der Waals surface area (Å²) in [6.45, 7) is 1.93. The lowest BCUT2D eigenvalue weighted by Gasteiger charge is -2.10. The third kappa shape index (κ3) is 2.16. The normalized spacial score (nSPS) is 11.2. The number of rotatable bonds is 1. The quantitative estimate of drug-likeness (QED) is 0.690. The van der Waals surface area contributed by atoms with Crippen LogP contribution >= 0.6 is 39.1 Å². The predicted molar refractivity (Wildman–Crippen MR) is 85.7 cm³/mol. The number of aryl methyl sites for hydroxylation is 1. The van der Waals surface area contributed by atoms with Gasteiger partial charge >= 0.3 is 0 Å². The first-order valence-corrected chi connectivity index (χ1v) is 7.28. The maximum atomic E-state index is 6.19. The van der Waals surface area contributed by atoms with E-state index in [4.69, 9.17) is 28.9 Å². The van der Waals surface area contributed by atoms with Gasteiger partial charge in [-0.25, -0.2) is 9.97 Å². The molecule has 3 aromatic rings. The van der Waals surface area contributed by atoms with Crippen molar-refractivity contribution >= 4 is 56.2 Å². The summed E-state index contributed by atoms with van der Waals surface area (Å²) in [5.74, 6) is 0.329. The van der Waals surface area contributed by atoms with Gasteiger partial charge in [0.05, 0.1) is 10.7 Å². The fourth-order valence-electron chi connectivity index (χ4n) is 2.00. The van der Waals surface area contributed by atoms with E-state index in [1.807, 2.05) is 19.1 Å². The number of pyridine rings is 1. The Morgan fingerprint density at radius 1 is 1.25 bits per heavy atom. The summed E-state index contributed by atoms with van der Waals surface area (Å²) in [5.41, 5.74) is 9.03. The highest BCUT2D eigenvalue weighted by atomic mass is 79.9. The van der Waals surface area contributed by atoms with Gasteiger partial charge in [-0.05, 0) is 46.6 Å². The number of nitrogens with two attached hydrogens (primary N) is 1. The van der Waals surface area contributed by atoms with Crippen LogP contribution < -0.4 is 5.73 Å². The Hall–Kier alpha value is -1.30. The molecule has 0 aliphatic carbocycles. The van der Waals surface area contributed by atoms with Crippen molar-refractivity contribution in [3.8, 4) is 5.69 Å². The van der Waals surface area contributed by atoms with E-state index in [9.17, 15) is 0 Å². The Balaban J connectivity index is 2.35. The second kappa shape index (κ2) is 4.91. The van der Waals surface area contributed by atoms with E-state index in [1.165, 1.54) is 0 Å². The highest BCUT2D eigenvalue weighted by Gasteiger charge is 2.15. The first-order chi connectivity index (χ1) is 9.47. The fourth-order valence-corrected chi connectivity index (χ4v) is 2.95. The molecule has 0 aliphatic rings. The first-order valence-electron chi connectivity index (χ1n) is 5.73. The van der Waals surface area contributed by atoms with Gasteiger partial charge in [-0.2, -0.15) is 0 Å². The zero-order valence-corrected chi connectivity index (χ0v) is 13.5. The minimum Gasteiger partial charge on any atom is -0.369 e. The van der Waals surface area contributed by atoms with Crippen LogP contribution in [0, 0.1) is 6.92 Å². The molecule has 102 valence electrons. The van der Waals surface area contributed by atoms with Gasteiger partial charge in [0.2, 0.25) is 5.95 Å². The molecule has 0 saturated heterocycles. The standard InChI is InChI=1S/C13H9BrCl2N4/c1-6-2-8(14)11(4-9(6)16)20-12-10(19-13(20)17)3-7(15)5-18-12/h2-5H,1H3,(H2,17,19). The topological polar surface area (TPSA) is 56.7 Å². The molecule has 7 heteroatoms. The van der Waals surface area contributed by atoms with Crippen molar-refractivity contribution in [1.29, 1.82) is 0 Å². The van der Waals surface area contributed by atoms with Crippen LogP contribution in [0.4, 0.5) is 5.95 Å². The van der Waals surface area contributed by atoms with Crippen molar-refractivity contribution in [3.63, 3.8) is 0 Å². The number of fused-ring (bicyclic) bond motifs is 1. The Morgan fingerprint density at radius 3 is 2.75 bits per heavy atom. The molecule has 0 spiro atoms. The lowest BCUT2D eigenvalue weighted by Crippen LogP contribution is -2.02. The lowest BCUT2D eigenvalue weighted by atomic mass is 10.2. The number of aromatic nitrogens is 3. The maximum absolute atomic E-state index is 6.19. The first kappa shape index (κ1) is 13.7. The van der Waals surface area contributed by atoms with Crippen LogP contribution in [-0.4, -0.2) is 14.5 Å². The van der Waals surface area contributed by atoms with Gasteiger partial charge in [0, 0.05) is 15.7 Å². The summed E-state index contributed by atoms with van der Waals surface area (Å²) >= 11 is 15.6. The van der Waals surface area contributed by atoms with Crippen molar-refractivity contribution in [2.75, 3.05) is 5.73 Å². The summed E-state index contributed by atoms with van der Waals surface area (Å²) < 4.78 is 2.60. The predicted octanol–water partition coefficient (Wildman–Crippen LogP) is 4.38. The van der Waals surface area contributed by atoms with E-state index >= 15 is 0 Å². The molecule has 0 fully saturated rings. The van der Waals surface area contributed by atoms with Crippen molar-refractivity contribution < 1.29 is 0 Å². The van der Waals surface area contributed by atoms with Crippen molar-refractivity contribution in [3.05, 3.63) is 44.5 Å². The van der Waals surface area contributed by atoms with E-state index < -0.39 is 0 Å². The van der Waals surface area contributed by atoms with E-state index in [1.54, 1.807) is 16.8 Å². The lowest BCUT2D eigenvalue weighted by molar-refractivity contribution is 1.07. The van der Waals surface area contributed by atoms with E-state index in [0.717, 1.165) is 15.7 Å². The van der Waals surface area contributed by atoms with E-state index in [2.05, 4.69) is 25.9 Å². The number of benzene rings is 1. The van der Waals surface area contributed by atoms with Gasteiger partial charge < -0.3 is 5.73 Å². The minimum atomic E-state index is 0.329. The molecule has 1 aromatic carbocycles. The average molecular weight is 372 g/mol. The van der Waals surface area contributed by atoms with Crippen LogP contribution in [0.3, 0.4) is 0 Å². The molecule has 2 N–H and O–H groups in total. The fraction of sp³-hybridized carbons (Fsp3) is 0.0769. The van der Waals surface area contributed by atoms with Gasteiger partial charge in [-0.15, -0.1) is 0 Å². The van der Waals surface area contributed by atoms with Crippen LogP contribution in [0.2, 0.25) is 10.0 Å². The summed E-state index contributed by atoms with van der Waals surface area (Å²) in [6, 6.07) is 5.48. The molecule has 20 heavy (non-hydrogen) atoms. The molecule has 0 atom stereocenters. The Kier molecular flexibility index (Phi) is 3.36. The average Bonchev–Trinajstić information content (AvgIpc) is 2.69. The maximum Gasteiger partial charge on any atom is 0.207 e. The van der Waals surface area contributed by atoms with Crippen LogP contribution in [0.1, 0.15) is 5.56 Å². The molecule has 0 bridgehead atoms. The summed E-state index contributed by atoms with van der Waals surface area (Å²) in [4.78, 5) is 8.57. The summed E-state index contributed by atoms with van der Waals surface area (Å²) in [6.07, 6.45) is 1.56. The molecule has 0 aliphatic heterocycles. The highest BCUT2D eigenvalue weighted by molar-refractivity contribution is 9.10. The van der Waals surface area contributed by atoms with Crippen LogP contribution in [0.15, 0.2) is 28.9 Å². The zero-order valence-electron chi connectivity index (χ0n) is 10.4. The molecule has 0 saturated carbocycles. The zero-order chi connectivity index (χ0) is 14.4. The highest BCUT2D eigenvalue weighted by Crippen LogP contribution is 2.32. The largest absolute Gasteiger partial charge is 0.369 e. The number of hydrogen-bond donors (Lipinski definition) is 1. The van der Waals surface area contributed by atoms with Gasteiger partial charge in [-0.1, -0.05) is 23.2 Å². The van der Waals surface area contributed by atoms with E-state index in [0.29, 0.717) is 27.2 Å². The van der Waals surface area contributed by atoms with E-state index in [-0.39, 0.29) is 0 Å². The van der Waals surface area contributed by atoms with Gasteiger partial charge in [0.15, 0.2) is 5.65 Å². The molecule has 0 radical (unpaired) electrons. The Morgan fingerprint density at radius 2 is 2.00 bits per heavy atom. The molecular weight excluding hydrogens is 363 g/mol. The smallest absolute Gasteiger partial charge is 0.207 e. The number of nitrogens with zero attached hydrogens (tertiary/aromatic N) is 3. The summed E-state index contributed by atoms with van der Waals surface area (Å²) in [7, 11) is 0. The monoisotopic (exact) mass is 370 g/mol. The number of imidazole rings is 1. The molecule has 4 nitrogen and oxygen atoms in total. The van der Waals surface area contributed by atoms with Gasteiger partial charge in [0.25, 0.3) is 0 Å². The second-order valence-electron chi connectivity index (χ2n) is 4.35. The number of halogens is 3. The molecule has 0 amide bonds. The molecule has 2 aromatic heterocycles. The van der Waals surface area contributed by atoms with Crippen LogP contribution in [-0.2, 0) is 0 Å². The van der Waals surface area contributed by atoms with Gasteiger partial charge in [0.1, 0.15) is 5.52 Å². The third-order valence-corrected chi connectivity index (χ3v) is 4.21. The number of anilines is 1. The molecule has 0 unspecified atom stereocenters. The van der Waals surface area contributed by atoms with Crippen molar-refractivity contribution in [1.82, 2.24) is 14.5 Å². The molecule has 2 heterocycles. The Labute approximate surface area is 133 Å². The SMILES string of the molecule is Cc1cc(Br)c(-n2c(N)nc3cc(Cl)cnc32)cc1Cl. The van der Waals surface area contributed by atoms with Crippen molar-refractivity contribution in [2.24, 2.45) is 0 Å². The number of nitrogen functional groups attached to an aromatic ring is 1. The van der Waals surface area contributed by atoms with Crippen LogP contribution in [0.5, 0.6) is 0 Å². The minimum absolute atomic E-state index is 0.329. The Bertz CT molecular complexity index is 829. The molecular formula is C13H9BrCl2N4. The van der Waals surface area contributed by atoms with Crippen LogP contribution in [0.25, 0.3) is 16.9 Å². The third-order valence-electron chi connectivity index (χ3n) is 2.96. The molecule has 3 rings (SSSR count). The number of hydrogen-bond acceptors (Lipinski definition) is 3. The van der Waals surface area contributed by atoms with Crippen molar-refractivity contribution in [2.45, 2.75) is 6.92 Å².